The number of imidazole rings is 1. The topological polar surface area (TPSA) is 56.9 Å². The van der Waals surface area contributed by atoms with Gasteiger partial charge in [0.05, 0.1) is 13.3 Å². The monoisotopic (exact) mass is 277 g/mol. The zero-order valence-electron chi connectivity index (χ0n) is 12.6. The highest BCUT2D eigenvalue weighted by atomic mass is 16.5. The summed E-state index contributed by atoms with van der Waals surface area (Å²) in [5, 5.41) is 7.91. The predicted octanol–water partition coefficient (Wildman–Crippen LogP) is 1.73. The van der Waals surface area contributed by atoms with Crippen LogP contribution in [0.4, 0.5) is 0 Å². The molecule has 0 aliphatic carbocycles. The Bertz CT molecular complexity index is 546. The first-order valence-corrected chi connectivity index (χ1v) is 7.03. The first-order chi connectivity index (χ1) is 9.72. The molecule has 0 bridgehead atoms. The van der Waals surface area contributed by atoms with Gasteiger partial charge in [-0.1, -0.05) is 13.8 Å². The molecule has 0 aromatic carbocycles. The minimum absolute atomic E-state index is 0.0241. The van der Waals surface area contributed by atoms with Crippen molar-refractivity contribution < 1.29 is 4.74 Å². The quantitative estimate of drug-likeness (QED) is 0.837. The van der Waals surface area contributed by atoms with Gasteiger partial charge in [-0.05, 0) is 13.0 Å². The Labute approximate surface area is 119 Å². The highest BCUT2D eigenvalue weighted by Crippen LogP contribution is 2.29. The van der Waals surface area contributed by atoms with Gasteiger partial charge in [-0.15, -0.1) is 0 Å². The molecule has 0 fully saturated rings. The Balaban J connectivity index is 2.48. The molecule has 0 aliphatic heterocycles. The lowest BCUT2D eigenvalue weighted by atomic mass is 10.1. The molecule has 1 unspecified atom stereocenters. The summed E-state index contributed by atoms with van der Waals surface area (Å²) in [4.78, 5) is 4.47. The van der Waals surface area contributed by atoms with E-state index in [0.717, 1.165) is 36.8 Å². The lowest BCUT2D eigenvalue weighted by Crippen LogP contribution is -2.27. The summed E-state index contributed by atoms with van der Waals surface area (Å²) < 4.78 is 9.50. The molecule has 0 spiro atoms. The summed E-state index contributed by atoms with van der Waals surface area (Å²) in [6.45, 7) is 5.94. The molecule has 0 aliphatic rings. The molecule has 1 atom stereocenters. The summed E-state index contributed by atoms with van der Waals surface area (Å²) in [5.41, 5.74) is 1.03. The molecule has 1 N–H and O–H groups in total. The number of aromatic nitrogens is 4. The number of nitrogens with zero attached hydrogens (tertiary/aromatic N) is 4. The van der Waals surface area contributed by atoms with E-state index in [1.807, 2.05) is 28.7 Å². The van der Waals surface area contributed by atoms with Gasteiger partial charge in [0.15, 0.2) is 5.75 Å². The van der Waals surface area contributed by atoms with Crippen molar-refractivity contribution in [2.24, 2.45) is 7.05 Å². The van der Waals surface area contributed by atoms with Gasteiger partial charge in [0.2, 0.25) is 0 Å². The van der Waals surface area contributed by atoms with Crippen LogP contribution in [0.25, 0.3) is 0 Å². The minimum atomic E-state index is -0.0241. The van der Waals surface area contributed by atoms with Crippen molar-refractivity contribution in [2.45, 2.75) is 32.9 Å². The first kappa shape index (κ1) is 14.6. The Hall–Kier alpha value is -1.82. The third-order valence-electron chi connectivity index (χ3n) is 3.30. The Morgan fingerprint density at radius 1 is 1.40 bits per heavy atom. The van der Waals surface area contributed by atoms with E-state index >= 15 is 0 Å². The molecule has 0 saturated carbocycles. The number of methoxy groups -OCH3 is 1. The average molecular weight is 277 g/mol. The maximum Gasteiger partial charge on any atom is 0.162 e. The van der Waals surface area contributed by atoms with Crippen LogP contribution in [-0.2, 0) is 13.6 Å². The summed E-state index contributed by atoms with van der Waals surface area (Å²) >= 11 is 0. The van der Waals surface area contributed by atoms with Gasteiger partial charge in [0.1, 0.15) is 17.6 Å². The Kier molecular flexibility index (Phi) is 4.79. The molecule has 0 amide bonds. The molecular weight excluding hydrogens is 254 g/mol. The molecule has 0 saturated heterocycles. The predicted molar refractivity (Wildman–Crippen MR) is 77.8 cm³/mol. The van der Waals surface area contributed by atoms with Crippen LogP contribution < -0.4 is 10.1 Å². The highest BCUT2D eigenvalue weighted by Gasteiger charge is 2.25. The van der Waals surface area contributed by atoms with E-state index in [0.29, 0.717) is 0 Å². The molecular formula is C14H23N5O. The van der Waals surface area contributed by atoms with Gasteiger partial charge < -0.3 is 14.6 Å². The lowest BCUT2D eigenvalue weighted by molar-refractivity contribution is 0.395. The number of ether oxygens (including phenoxy) is 1. The fourth-order valence-electron chi connectivity index (χ4n) is 2.39. The van der Waals surface area contributed by atoms with Gasteiger partial charge in [-0.3, -0.25) is 4.68 Å². The maximum atomic E-state index is 5.48. The summed E-state index contributed by atoms with van der Waals surface area (Å²) in [5.74, 6) is 1.76. The van der Waals surface area contributed by atoms with Crippen LogP contribution in [0.1, 0.15) is 37.8 Å². The van der Waals surface area contributed by atoms with Crippen LogP contribution in [0.15, 0.2) is 18.6 Å². The van der Waals surface area contributed by atoms with Crippen LogP contribution >= 0.6 is 0 Å². The summed E-state index contributed by atoms with van der Waals surface area (Å²) in [6, 6.07) is -0.0241. The number of hydrogen-bond acceptors (Lipinski definition) is 4. The van der Waals surface area contributed by atoms with Gasteiger partial charge in [-0.25, -0.2) is 4.98 Å². The number of hydrogen-bond donors (Lipinski definition) is 1. The minimum Gasteiger partial charge on any atom is -0.493 e. The second-order valence-corrected chi connectivity index (χ2v) is 4.71. The van der Waals surface area contributed by atoms with E-state index in [-0.39, 0.29) is 6.04 Å². The first-order valence-electron chi connectivity index (χ1n) is 7.03. The second-order valence-electron chi connectivity index (χ2n) is 4.71. The van der Waals surface area contributed by atoms with Gasteiger partial charge in [0.25, 0.3) is 0 Å². The molecule has 0 radical (unpaired) electrons. The fourth-order valence-corrected chi connectivity index (χ4v) is 2.39. The van der Waals surface area contributed by atoms with Crippen molar-refractivity contribution in [1.29, 1.82) is 0 Å². The Morgan fingerprint density at radius 3 is 2.75 bits per heavy atom. The van der Waals surface area contributed by atoms with Crippen molar-refractivity contribution in [3.05, 3.63) is 30.1 Å². The lowest BCUT2D eigenvalue weighted by Gasteiger charge is -2.20. The molecule has 2 aromatic rings. The van der Waals surface area contributed by atoms with Crippen molar-refractivity contribution >= 4 is 0 Å². The van der Waals surface area contributed by atoms with Crippen molar-refractivity contribution in [1.82, 2.24) is 24.6 Å². The van der Waals surface area contributed by atoms with Crippen LogP contribution in [0.3, 0.4) is 0 Å². The normalized spacial score (nSPS) is 12.6. The van der Waals surface area contributed by atoms with Crippen LogP contribution in [0.2, 0.25) is 0 Å². The van der Waals surface area contributed by atoms with Crippen molar-refractivity contribution in [2.75, 3.05) is 13.7 Å². The van der Waals surface area contributed by atoms with Crippen LogP contribution in [0.5, 0.6) is 5.75 Å². The molecule has 2 rings (SSSR count). The average Bonchev–Trinajstić information content (AvgIpc) is 3.03. The van der Waals surface area contributed by atoms with Gasteiger partial charge in [0, 0.05) is 26.0 Å². The van der Waals surface area contributed by atoms with E-state index in [2.05, 4.69) is 29.2 Å². The van der Waals surface area contributed by atoms with E-state index in [4.69, 9.17) is 4.74 Å². The molecule has 2 aromatic heterocycles. The highest BCUT2D eigenvalue weighted by molar-refractivity contribution is 5.32. The SMILES string of the molecule is CCCn1ncc(OC)c1C(NCC)c1nccn1C. The molecule has 6 nitrogen and oxygen atoms in total. The van der Waals surface area contributed by atoms with E-state index < -0.39 is 0 Å². The zero-order valence-corrected chi connectivity index (χ0v) is 12.6. The molecule has 6 heteroatoms. The van der Waals surface area contributed by atoms with Crippen LogP contribution in [-0.4, -0.2) is 33.0 Å². The molecule has 110 valence electrons. The van der Waals surface area contributed by atoms with Crippen molar-refractivity contribution in [3.63, 3.8) is 0 Å². The largest absolute Gasteiger partial charge is 0.493 e. The molecule has 2 heterocycles. The Morgan fingerprint density at radius 2 is 2.20 bits per heavy atom. The summed E-state index contributed by atoms with van der Waals surface area (Å²) in [7, 11) is 3.68. The van der Waals surface area contributed by atoms with Crippen LogP contribution in [0, 0.1) is 0 Å². The molecule has 20 heavy (non-hydrogen) atoms. The third-order valence-corrected chi connectivity index (χ3v) is 3.30. The van der Waals surface area contributed by atoms with E-state index in [1.165, 1.54) is 0 Å². The van der Waals surface area contributed by atoms with Gasteiger partial charge in [-0.2, -0.15) is 5.10 Å². The zero-order chi connectivity index (χ0) is 14.5. The number of aryl methyl sites for hydroxylation is 2. The second kappa shape index (κ2) is 6.56. The van der Waals surface area contributed by atoms with Gasteiger partial charge >= 0.3 is 0 Å². The van der Waals surface area contributed by atoms with E-state index in [1.54, 1.807) is 13.3 Å². The summed E-state index contributed by atoms with van der Waals surface area (Å²) in [6.07, 6.45) is 6.56. The number of nitrogens with one attached hydrogen (secondary N) is 1. The van der Waals surface area contributed by atoms with Crippen molar-refractivity contribution in [3.8, 4) is 5.75 Å². The third kappa shape index (κ3) is 2.70. The fraction of sp³-hybridized carbons (Fsp3) is 0.571. The smallest absolute Gasteiger partial charge is 0.162 e. The number of rotatable bonds is 7. The van der Waals surface area contributed by atoms with E-state index in [9.17, 15) is 0 Å². The standard InChI is InChI=1S/C14H23N5O/c1-5-8-19-13(11(20-4)10-17-19)12(15-6-2)14-16-7-9-18(14)3/h7,9-10,12,15H,5-6,8H2,1-4H3. The maximum absolute atomic E-state index is 5.48.